The number of rotatable bonds is 7. The van der Waals surface area contributed by atoms with E-state index in [1.54, 1.807) is 12.1 Å². The quantitative estimate of drug-likeness (QED) is 0.721. The van der Waals surface area contributed by atoms with Gasteiger partial charge in [-0.15, -0.1) is 0 Å². The molecule has 0 aliphatic rings. The van der Waals surface area contributed by atoms with Gasteiger partial charge in [-0.05, 0) is 31.5 Å². The van der Waals surface area contributed by atoms with Gasteiger partial charge in [0, 0.05) is 6.04 Å². The molecule has 0 aromatic heterocycles. The lowest BCUT2D eigenvalue weighted by molar-refractivity contribution is 0.0697. The van der Waals surface area contributed by atoms with Gasteiger partial charge < -0.3 is 10.4 Å². The summed E-state index contributed by atoms with van der Waals surface area (Å²) in [6.45, 7) is 4.29. The molecule has 0 saturated heterocycles. The average molecular weight is 270 g/mol. The summed E-state index contributed by atoms with van der Waals surface area (Å²) >= 11 is 6.05. The molecule has 1 rings (SSSR count). The van der Waals surface area contributed by atoms with Crippen molar-refractivity contribution in [1.29, 1.82) is 0 Å². The van der Waals surface area contributed by atoms with Crippen LogP contribution in [0.25, 0.3) is 0 Å². The molecule has 0 heterocycles. The third-order valence-corrected chi connectivity index (χ3v) is 3.17. The number of hydrogen-bond acceptors (Lipinski definition) is 2. The number of unbranched alkanes of at least 4 members (excludes halogenated alkanes) is 2. The first kappa shape index (κ1) is 14.8. The predicted molar refractivity (Wildman–Crippen MR) is 75.6 cm³/mol. The second kappa shape index (κ2) is 7.27. The molecule has 4 heteroatoms. The van der Waals surface area contributed by atoms with Gasteiger partial charge in [0.05, 0.1) is 16.3 Å². The Balaban J connectivity index is 2.59. The van der Waals surface area contributed by atoms with Crippen molar-refractivity contribution in [3.63, 3.8) is 0 Å². The molecule has 0 amide bonds. The number of anilines is 1. The molecule has 0 radical (unpaired) electrons. The van der Waals surface area contributed by atoms with E-state index in [9.17, 15) is 4.79 Å². The van der Waals surface area contributed by atoms with E-state index in [1.807, 2.05) is 0 Å². The first-order valence-corrected chi connectivity index (χ1v) is 6.71. The van der Waals surface area contributed by atoms with E-state index in [0.717, 1.165) is 12.1 Å². The van der Waals surface area contributed by atoms with Gasteiger partial charge in [0.15, 0.2) is 0 Å². The van der Waals surface area contributed by atoms with Crippen molar-refractivity contribution >= 4 is 23.3 Å². The summed E-state index contributed by atoms with van der Waals surface area (Å²) in [5, 5.41) is 12.6. The zero-order chi connectivity index (χ0) is 13.5. The molecular weight excluding hydrogens is 250 g/mol. The summed E-state index contributed by atoms with van der Waals surface area (Å²) in [5.41, 5.74) is 1.01. The highest BCUT2D eigenvalue weighted by Gasteiger charge is 2.09. The van der Waals surface area contributed by atoms with E-state index in [0.29, 0.717) is 11.1 Å². The van der Waals surface area contributed by atoms with Crippen LogP contribution in [0.2, 0.25) is 5.02 Å². The standard InChI is InChI=1S/C14H20ClNO2/c1-3-4-5-6-10(2)16-13-8-7-11(14(17)18)9-12(13)15/h7-10,16H,3-6H2,1-2H3,(H,17,18). The van der Waals surface area contributed by atoms with Gasteiger partial charge in [0.1, 0.15) is 0 Å². The van der Waals surface area contributed by atoms with Crippen LogP contribution in [-0.2, 0) is 0 Å². The minimum atomic E-state index is -0.959. The lowest BCUT2D eigenvalue weighted by Crippen LogP contribution is -2.15. The van der Waals surface area contributed by atoms with Crippen molar-refractivity contribution in [2.45, 2.75) is 45.6 Å². The van der Waals surface area contributed by atoms with Crippen LogP contribution in [0.15, 0.2) is 18.2 Å². The maximum absolute atomic E-state index is 10.8. The fraction of sp³-hybridized carbons (Fsp3) is 0.500. The monoisotopic (exact) mass is 269 g/mol. The number of carbonyl (C=O) groups is 1. The Labute approximate surface area is 113 Å². The smallest absolute Gasteiger partial charge is 0.335 e. The number of carboxylic acid groups (broad SMARTS) is 1. The Morgan fingerprint density at radius 1 is 1.44 bits per heavy atom. The van der Waals surface area contributed by atoms with E-state index in [1.165, 1.54) is 25.3 Å². The number of benzene rings is 1. The third kappa shape index (κ3) is 4.57. The van der Waals surface area contributed by atoms with Crippen molar-refractivity contribution in [2.24, 2.45) is 0 Å². The number of hydrogen-bond donors (Lipinski definition) is 2. The first-order valence-electron chi connectivity index (χ1n) is 6.34. The predicted octanol–water partition coefficient (Wildman–Crippen LogP) is 4.42. The van der Waals surface area contributed by atoms with Gasteiger partial charge >= 0.3 is 5.97 Å². The normalized spacial score (nSPS) is 12.2. The van der Waals surface area contributed by atoms with Crippen LogP contribution in [0, 0.1) is 0 Å². The van der Waals surface area contributed by atoms with Crippen LogP contribution in [-0.4, -0.2) is 17.1 Å². The van der Waals surface area contributed by atoms with E-state index in [-0.39, 0.29) is 5.56 Å². The highest BCUT2D eigenvalue weighted by molar-refractivity contribution is 6.33. The number of nitrogens with one attached hydrogen (secondary N) is 1. The lowest BCUT2D eigenvalue weighted by Gasteiger charge is -2.16. The highest BCUT2D eigenvalue weighted by Crippen LogP contribution is 2.24. The average Bonchev–Trinajstić information content (AvgIpc) is 2.32. The zero-order valence-electron chi connectivity index (χ0n) is 10.9. The van der Waals surface area contributed by atoms with Crippen LogP contribution in [0.5, 0.6) is 0 Å². The molecule has 0 fully saturated rings. The topological polar surface area (TPSA) is 49.3 Å². The van der Waals surface area contributed by atoms with Gasteiger partial charge in [-0.3, -0.25) is 0 Å². The SMILES string of the molecule is CCCCCC(C)Nc1ccc(C(=O)O)cc1Cl. The minimum absolute atomic E-state index is 0.212. The molecule has 3 nitrogen and oxygen atoms in total. The fourth-order valence-corrected chi connectivity index (χ4v) is 2.04. The molecule has 0 saturated carbocycles. The summed E-state index contributed by atoms with van der Waals surface area (Å²) in [4.78, 5) is 10.8. The third-order valence-electron chi connectivity index (χ3n) is 2.86. The number of halogens is 1. The first-order chi connectivity index (χ1) is 8.54. The van der Waals surface area contributed by atoms with Crippen LogP contribution in [0.3, 0.4) is 0 Å². The van der Waals surface area contributed by atoms with Gasteiger partial charge in [-0.1, -0.05) is 37.8 Å². The van der Waals surface area contributed by atoms with Gasteiger partial charge in [0.25, 0.3) is 0 Å². The van der Waals surface area contributed by atoms with Crippen molar-refractivity contribution in [2.75, 3.05) is 5.32 Å². The van der Waals surface area contributed by atoms with E-state index in [2.05, 4.69) is 19.2 Å². The molecule has 0 aliphatic carbocycles. The summed E-state index contributed by atoms with van der Waals surface area (Å²) in [5.74, 6) is -0.959. The maximum Gasteiger partial charge on any atom is 0.335 e. The second-order valence-corrected chi connectivity index (χ2v) is 4.95. The van der Waals surface area contributed by atoms with Crippen LogP contribution in [0.4, 0.5) is 5.69 Å². The van der Waals surface area contributed by atoms with Crippen LogP contribution >= 0.6 is 11.6 Å². The Hall–Kier alpha value is -1.22. The number of aromatic carboxylic acids is 1. The lowest BCUT2D eigenvalue weighted by atomic mass is 10.1. The van der Waals surface area contributed by atoms with Crippen molar-refractivity contribution in [3.8, 4) is 0 Å². The van der Waals surface area contributed by atoms with Crippen LogP contribution < -0.4 is 5.32 Å². The molecule has 0 spiro atoms. The molecule has 0 bridgehead atoms. The highest BCUT2D eigenvalue weighted by atomic mass is 35.5. The van der Waals surface area contributed by atoms with Crippen molar-refractivity contribution < 1.29 is 9.90 Å². The molecular formula is C14H20ClNO2. The van der Waals surface area contributed by atoms with Crippen LogP contribution in [0.1, 0.15) is 49.9 Å². The Morgan fingerprint density at radius 2 is 2.17 bits per heavy atom. The molecule has 0 aliphatic heterocycles. The molecule has 1 aromatic rings. The molecule has 2 N–H and O–H groups in total. The molecule has 1 unspecified atom stereocenters. The van der Waals surface area contributed by atoms with Crippen molar-refractivity contribution in [3.05, 3.63) is 28.8 Å². The second-order valence-electron chi connectivity index (χ2n) is 4.54. The van der Waals surface area contributed by atoms with Gasteiger partial charge in [-0.2, -0.15) is 0 Å². The van der Waals surface area contributed by atoms with E-state index in [4.69, 9.17) is 16.7 Å². The molecule has 1 aromatic carbocycles. The van der Waals surface area contributed by atoms with E-state index >= 15 is 0 Å². The van der Waals surface area contributed by atoms with Crippen molar-refractivity contribution in [1.82, 2.24) is 0 Å². The zero-order valence-corrected chi connectivity index (χ0v) is 11.6. The fourth-order valence-electron chi connectivity index (χ4n) is 1.80. The summed E-state index contributed by atoms with van der Waals surface area (Å²) in [6, 6.07) is 5.10. The Bertz CT molecular complexity index is 407. The Kier molecular flexibility index (Phi) is 5.99. The Morgan fingerprint density at radius 3 is 2.72 bits per heavy atom. The summed E-state index contributed by atoms with van der Waals surface area (Å²) in [6.07, 6.45) is 4.72. The number of carboxylic acids is 1. The molecule has 18 heavy (non-hydrogen) atoms. The summed E-state index contributed by atoms with van der Waals surface area (Å²) in [7, 11) is 0. The molecule has 100 valence electrons. The minimum Gasteiger partial charge on any atom is -0.478 e. The summed E-state index contributed by atoms with van der Waals surface area (Å²) < 4.78 is 0. The van der Waals surface area contributed by atoms with E-state index < -0.39 is 5.97 Å². The van der Waals surface area contributed by atoms with Gasteiger partial charge in [-0.25, -0.2) is 4.79 Å². The largest absolute Gasteiger partial charge is 0.478 e. The van der Waals surface area contributed by atoms with Gasteiger partial charge in [0.2, 0.25) is 0 Å². The maximum atomic E-state index is 10.8. The molecule has 1 atom stereocenters.